The molecule has 0 fully saturated rings. The fraction of sp³-hybridized carbons (Fsp3) is 0.316. The number of carbonyl (C=O) groups is 1. The molecule has 2 aromatic heterocycles. The second-order valence-corrected chi connectivity index (χ2v) is 6.32. The molecule has 6 heteroatoms. The van der Waals surface area contributed by atoms with Crippen LogP contribution in [0.25, 0.3) is 16.9 Å². The number of benzene rings is 1. The second kappa shape index (κ2) is 7.03. The van der Waals surface area contributed by atoms with Crippen LogP contribution < -0.4 is 0 Å². The van der Waals surface area contributed by atoms with Gasteiger partial charge in [0.2, 0.25) is 0 Å². The highest BCUT2D eigenvalue weighted by atomic mass is 16.5. The molecule has 2 heterocycles. The lowest BCUT2D eigenvalue weighted by atomic mass is 10.1. The zero-order valence-corrected chi connectivity index (χ0v) is 14.5. The van der Waals surface area contributed by atoms with Crippen molar-refractivity contribution in [2.24, 2.45) is 0 Å². The first-order chi connectivity index (χ1) is 12.0. The highest BCUT2D eigenvalue weighted by Crippen LogP contribution is 2.21. The molecule has 25 heavy (non-hydrogen) atoms. The molecule has 130 valence electrons. The van der Waals surface area contributed by atoms with Crippen LogP contribution in [0.4, 0.5) is 0 Å². The minimum atomic E-state index is -0.939. The molecule has 0 saturated carbocycles. The fourth-order valence-electron chi connectivity index (χ4n) is 2.56. The van der Waals surface area contributed by atoms with E-state index in [1.807, 2.05) is 30.7 Å². The van der Waals surface area contributed by atoms with E-state index in [2.05, 4.69) is 16.9 Å². The average molecular weight is 339 g/mol. The van der Waals surface area contributed by atoms with Crippen molar-refractivity contribution >= 4 is 17.1 Å². The summed E-state index contributed by atoms with van der Waals surface area (Å²) in [7, 11) is 0. The molecule has 3 aromatic rings. The number of fused-ring (bicyclic) bond motifs is 1. The number of hydrogen-bond acceptors (Lipinski definition) is 4. The molecule has 0 amide bonds. The number of carboxylic acid groups (broad SMARTS) is 1. The number of ether oxygens (including phenoxy) is 1. The smallest absolute Gasteiger partial charge is 0.335 e. The van der Waals surface area contributed by atoms with Gasteiger partial charge in [-0.3, -0.25) is 4.57 Å². The summed E-state index contributed by atoms with van der Waals surface area (Å²) in [5, 5.41) is 9.00. The van der Waals surface area contributed by atoms with Crippen molar-refractivity contribution in [1.82, 2.24) is 14.5 Å². The van der Waals surface area contributed by atoms with E-state index >= 15 is 0 Å². The Morgan fingerprint density at radius 2 is 1.92 bits per heavy atom. The van der Waals surface area contributed by atoms with Gasteiger partial charge in [-0.05, 0) is 44.2 Å². The number of rotatable bonds is 6. The molecule has 0 bridgehead atoms. The van der Waals surface area contributed by atoms with E-state index < -0.39 is 5.97 Å². The van der Waals surface area contributed by atoms with E-state index in [0.29, 0.717) is 6.61 Å². The summed E-state index contributed by atoms with van der Waals surface area (Å²) in [6, 6.07) is 8.59. The Balaban J connectivity index is 1.88. The van der Waals surface area contributed by atoms with Gasteiger partial charge in [0, 0.05) is 17.8 Å². The van der Waals surface area contributed by atoms with Gasteiger partial charge in [0.1, 0.15) is 5.52 Å². The van der Waals surface area contributed by atoms with Gasteiger partial charge in [-0.1, -0.05) is 6.92 Å². The lowest BCUT2D eigenvalue weighted by Crippen LogP contribution is -2.11. The molecule has 3 rings (SSSR count). The number of aromatic carboxylic acids is 1. The average Bonchev–Trinajstić information content (AvgIpc) is 3.02. The Hall–Kier alpha value is -2.73. The van der Waals surface area contributed by atoms with Crippen molar-refractivity contribution in [3.8, 4) is 5.69 Å². The summed E-state index contributed by atoms with van der Waals surface area (Å²) in [6.07, 6.45) is 3.85. The van der Waals surface area contributed by atoms with Gasteiger partial charge in [-0.15, -0.1) is 0 Å². The molecular formula is C19H21N3O3. The molecule has 0 aliphatic rings. The molecule has 0 saturated heterocycles. The van der Waals surface area contributed by atoms with E-state index in [1.54, 1.807) is 30.5 Å². The van der Waals surface area contributed by atoms with Gasteiger partial charge in [-0.2, -0.15) is 0 Å². The summed E-state index contributed by atoms with van der Waals surface area (Å²) in [5.74, 6) is -0.775. The highest BCUT2D eigenvalue weighted by Gasteiger charge is 2.13. The fourth-order valence-corrected chi connectivity index (χ4v) is 2.56. The van der Waals surface area contributed by atoms with Gasteiger partial charge in [0.05, 0.1) is 30.2 Å². The SMILES string of the molecule is CC(C)OC[C@H](C)c1cnc2c(ccn2-c2ccc(C(=O)O)cc2)n1. The van der Waals surface area contributed by atoms with Gasteiger partial charge in [0.15, 0.2) is 5.65 Å². The maximum absolute atomic E-state index is 11.0. The Labute approximate surface area is 146 Å². The van der Waals surface area contributed by atoms with E-state index in [1.165, 1.54) is 0 Å². The topological polar surface area (TPSA) is 77.2 Å². The van der Waals surface area contributed by atoms with E-state index in [4.69, 9.17) is 9.84 Å². The third-order valence-electron chi connectivity index (χ3n) is 3.98. The zero-order chi connectivity index (χ0) is 18.0. The van der Waals surface area contributed by atoms with Crippen LogP contribution in [0.3, 0.4) is 0 Å². The Bertz CT molecular complexity index is 885. The van der Waals surface area contributed by atoms with Crippen LogP contribution in [0.1, 0.15) is 42.7 Å². The maximum Gasteiger partial charge on any atom is 0.335 e. The number of aromatic nitrogens is 3. The van der Waals surface area contributed by atoms with Crippen LogP contribution in [-0.2, 0) is 4.74 Å². The van der Waals surface area contributed by atoms with Crippen LogP contribution in [-0.4, -0.2) is 38.3 Å². The summed E-state index contributed by atoms with van der Waals surface area (Å²) in [6.45, 7) is 6.70. The van der Waals surface area contributed by atoms with Crippen LogP contribution in [0.5, 0.6) is 0 Å². The van der Waals surface area contributed by atoms with Crippen LogP contribution >= 0.6 is 0 Å². The third-order valence-corrected chi connectivity index (χ3v) is 3.98. The Kier molecular flexibility index (Phi) is 4.81. The van der Waals surface area contributed by atoms with Crippen molar-refractivity contribution in [3.63, 3.8) is 0 Å². The monoisotopic (exact) mass is 339 g/mol. The van der Waals surface area contributed by atoms with Crippen molar-refractivity contribution in [1.29, 1.82) is 0 Å². The lowest BCUT2D eigenvalue weighted by molar-refractivity contribution is 0.0692. The van der Waals surface area contributed by atoms with E-state index in [9.17, 15) is 4.79 Å². The van der Waals surface area contributed by atoms with Crippen molar-refractivity contribution in [2.45, 2.75) is 32.8 Å². The van der Waals surface area contributed by atoms with Crippen molar-refractivity contribution in [2.75, 3.05) is 6.61 Å². The van der Waals surface area contributed by atoms with E-state index in [0.717, 1.165) is 22.5 Å². The van der Waals surface area contributed by atoms with Crippen molar-refractivity contribution in [3.05, 3.63) is 54.0 Å². The molecule has 1 N–H and O–H groups in total. The Morgan fingerprint density at radius 3 is 2.56 bits per heavy atom. The van der Waals surface area contributed by atoms with E-state index in [-0.39, 0.29) is 17.6 Å². The van der Waals surface area contributed by atoms with Crippen LogP contribution in [0.15, 0.2) is 42.7 Å². The summed E-state index contributed by atoms with van der Waals surface area (Å²) in [4.78, 5) is 20.2. The van der Waals surface area contributed by atoms with Crippen LogP contribution in [0.2, 0.25) is 0 Å². The summed E-state index contributed by atoms with van der Waals surface area (Å²) in [5.41, 5.74) is 3.54. The molecule has 0 spiro atoms. The van der Waals surface area contributed by atoms with Gasteiger partial charge >= 0.3 is 5.97 Å². The maximum atomic E-state index is 11.0. The largest absolute Gasteiger partial charge is 0.478 e. The minimum Gasteiger partial charge on any atom is -0.478 e. The molecule has 0 unspecified atom stereocenters. The number of hydrogen-bond donors (Lipinski definition) is 1. The standard InChI is InChI=1S/C19H21N3O3/c1-12(2)25-11-13(3)17-10-20-18-16(21-17)8-9-22(18)15-6-4-14(5-7-15)19(23)24/h4-10,12-13H,11H2,1-3H3,(H,23,24)/t13-/m0/s1. The zero-order valence-electron chi connectivity index (χ0n) is 14.5. The first-order valence-corrected chi connectivity index (χ1v) is 8.25. The predicted molar refractivity (Wildman–Crippen MR) is 95.3 cm³/mol. The van der Waals surface area contributed by atoms with Crippen molar-refractivity contribution < 1.29 is 14.6 Å². The normalized spacial score (nSPS) is 12.6. The third kappa shape index (κ3) is 3.69. The Morgan fingerprint density at radius 1 is 1.20 bits per heavy atom. The van der Waals surface area contributed by atoms with Gasteiger partial charge < -0.3 is 9.84 Å². The molecule has 1 atom stereocenters. The minimum absolute atomic E-state index is 0.164. The first-order valence-electron chi connectivity index (χ1n) is 8.25. The summed E-state index contributed by atoms with van der Waals surface area (Å²) >= 11 is 0. The number of carboxylic acids is 1. The highest BCUT2D eigenvalue weighted by molar-refractivity contribution is 5.87. The molecule has 6 nitrogen and oxygen atoms in total. The molecule has 0 aliphatic carbocycles. The predicted octanol–water partition coefficient (Wildman–Crippen LogP) is 3.65. The first kappa shape index (κ1) is 17.1. The molecule has 1 aromatic carbocycles. The van der Waals surface area contributed by atoms with Crippen LogP contribution in [0, 0.1) is 0 Å². The van der Waals surface area contributed by atoms with Gasteiger partial charge in [-0.25, -0.2) is 14.8 Å². The summed E-state index contributed by atoms with van der Waals surface area (Å²) < 4.78 is 7.55. The van der Waals surface area contributed by atoms with Gasteiger partial charge in [0.25, 0.3) is 0 Å². The molecule has 0 radical (unpaired) electrons. The molecule has 0 aliphatic heterocycles. The second-order valence-electron chi connectivity index (χ2n) is 6.32. The quantitative estimate of drug-likeness (QED) is 0.742. The number of nitrogens with zero attached hydrogens (tertiary/aromatic N) is 3. The molecular weight excluding hydrogens is 318 g/mol. The lowest BCUT2D eigenvalue weighted by Gasteiger charge is -2.13.